The fourth-order valence-corrected chi connectivity index (χ4v) is 2.97. The maximum Gasteiger partial charge on any atom is 0.323 e. The first-order chi connectivity index (χ1) is 7.18. The summed E-state index contributed by atoms with van der Waals surface area (Å²) in [5.41, 5.74) is -0.659. The molecule has 2 rings (SSSR count). The van der Waals surface area contributed by atoms with Gasteiger partial charge in [0.2, 0.25) is 0 Å². The van der Waals surface area contributed by atoms with Gasteiger partial charge in [0.25, 0.3) is 0 Å². The highest BCUT2D eigenvalue weighted by atomic mass is 16.4. The summed E-state index contributed by atoms with van der Waals surface area (Å²) < 4.78 is 0. The van der Waals surface area contributed by atoms with Gasteiger partial charge in [0.05, 0.1) is 0 Å². The van der Waals surface area contributed by atoms with Crippen molar-refractivity contribution in [3.05, 3.63) is 0 Å². The molecule has 0 aromatic carbocycles. The van der Waals surface area contributed by atoms with Crippen LogP contribution in [0.15, 0.2) is 0 Å². The van der Waals surface area contributed by atoms with Crippen LogP contribution in [0.5, 0.6) is 0 Å². The van der Waals surface area contributed by atoms with E-state index in [0.29, 0.717) is 6.04 Å². The molecule has 0 aromatic heterocycles. The Balaban J connectivity index is 2.00. The van der Waals surface area contributed by atoms with E-state index >= 15 is 0 Å². The van der Waals surface area contributed by atoms with E-state index in [1.165, 1.54) is 12.8 Å². The molecule has 0 amide bonds. The molecule has 0 spiro atoms. The molecular formula is C11H20N2O2. The minimum Gasteiger partial charge on any atom is -0.480 e. The summed E-state index contributed by atoms with van der Waals surface area (Å²) in [4.78, 5) is 13.7. The molecule has 86 valence electrons. The Morgan fingerprint density at radius 3 is 2.60 bits per heavy atom. The predicted octanol–water partition coefficient (Wildman–Crippen LogP) is 0.677. The van der Waals surface area contributed by atoms with Crippen molar-refractivity contribution in [3.63, 3.8) is 0 Å². The molecule has 2 N–H and O–H groups in total. The zero-order chi connectivity index (χ0) is 10.9. The first-order valence-electron chi connectivity index (χ1n) is 5.84. The third-order valence-electron chi connectivity index (χ3n) is 4.03. The molecule has 1 saturated heterocycles. The van der Waals surface area contributed by atoms with E-state index in [-0.39, 0.29) is 0 Å². The van der Waals surface area contributed by atoms with Gasteiger partial charge in [-0.25, -0.2) is 0 Å². The fraction of sp³-hybridized carbons (Fsp3) is 0.909. The zero-order valence-corrected chi connectivity index (χ0v) is 9.33. The minimum atomic E-state index is -0.688. The van der Waals surface area contributed by atoms with Crippen molar-refractivity contribution < 1.29 is 9.90 Å². The van der Waals surface area contributed by atoms with Crippen molar-refractivity contribution in [2.24, 2.45) is 0 Å². The third kappa shape index (κ3) is 1.88. The lowest BCUT2D eigenvalue weighted by Gasteiger charge is -2.27. The highest BCUT2D eigenvalue weighted by Gasteiger charge is 2.46. The van der Waals surface area contributed by atoms with Gasteiger partial charge >= 0.3 is 5.97 Å². The quantitative estimate of drug-likeness (QED) is 0.722. The average molecular weight is 212 g/mol. The summed E-state index contributed by atoms with van der Waals surface area (Å²) in [5.74, 6) is -0.688. The van der Waals surface area contributed by atoms with Gasteiger partial charge in [-0.05, 0) is 52.2 Å². The second-order valence-electron chi connectivity index (χ2n) is 4.78. The number of likely N-dealkylation sites (N-methyl/N-ethyl adjacent to an activating group) is 1. The van der Waals surface area contributed by atoms with Gasteiger partial charge in [-0.3, -0.25) is 4.79 Å². The molecule has 2 fully saturated rings. The van der Waals surface area contributed by atoms with Crippen LogP contribution in [0.2, 0.25) is 0 Å². The molecule has 0 bridgehead atoms. The fourth-order valence-electron chi connectivity index (χ4n) is 2.97. The van der Waals surface area contributed by atoms with Gasteiger partial charge in [0.15, 0.2) is 0 Å². The van der Waals surface area contributed by atoms with Crippen LogP contribution >= 0.6 is 0 Å². The number of hydrogen-bond donors (Lipinski definition) is 2. The third-order valence-corrected chi connectivity index (χ3v) is 4.03. The first-order valence-corrected chi connectivity index (χ1v) is 5.84. The second kappa shape index (κ2) is 4.10. The van der Waals surface area contributed by atoms with Crippen molar-refractivity contribution in [1.29, 1.82) is 0 Å². The molecule has 0 aromatic rings. The van der Waals surface area contributed by atoms with Crippen LogP contribution in [0.4, 0.5) is 0 Å². The molecule has 1 aliphatic heterocycles. The van der Waals surface area contributed by atoms with Crippen LogP contribution < -0.4 is 5.32 Å². The average Bonchev–Trinajstić information content (AvgIpc) is 2.87. The normalized spacial score (nSPS) is 37.3. The molecule has 4 heteroatoms. The van der Waals surface area contributed by atoms with Crippen LogP contribution in [0, 0.1) is 0 Å². The number of aliphatic carboxylic acids is 1. The zero-order valence-electron chi connectivity index (χ0n) is 9.33. The Morgan fingerprint density at radius 2 is 2.13 bits per heavy atom. The topological polar surface area (TPSA) is 52.6 Å². The van der Waals surface area contributed by atoms with E-state index in [4.69, 9.17) is 0 Å². The smallest absolute Gasteiger partial charge is 0.323 e. The lowest BCUT2D eigenvalue weighted by molar-refractivity contribution is -0.144. The monoisotopic (exact) mass is 212 g/mol. The Labute approximate surface area is 90.6 Å². The van der Waals surface area contributed by atoms with Gasteiger partial charge in [-0.15, -0.1) is 0 Å². The molecule has 0 radical (unpaired) electrons. The highest BCUT2D eigenvalue weighted by Crippen LogP contribution is 2.34. The number of carboxylic acid groups (broad SMARTS) is 1. The minimum absolute atomic E-state index is 0.482. The van der Waals surface area contributed by atoms with Crippen LogP contribution in [0.3, 0.4) is 0 Å². The molecule has 1 heterocycles. The first kappa shape index (κ1) is 10.9. The van der Waals surface area contributed by atoms with E-state index in [9.17, 15) is 9.90 Å². The van der Waals surface area contributed by atoms with E-state index in [1.54, 1.807) is 7.05 Å². The molecular weight excluding hydrogens is 192 g/mol. The SMILES string of the molecule is CNC1(C(=O)O)CCC(N2CCCC2)C1. The summed E-state index contributed by atoms with van der Waals surface area (Å²) >= 11 is 0. The largest absolute Gasteiger partial charge is 0.480 e. The summed E-state index contributed by atoms with van der Waals surface area (Å²) in [7, 11) is 1.76. The Hall–Kier alpha value is -0.610. The lowest BCUT2D eigenvalue weighted by atomic mass is 9.98. The van der Waals surface area contributed by atoms with Gasteiger partial charge in [0, 0.05) is 6.04 Å². The van der Waals surface area contributed by atoms with Crippen LogP contribution in [0.1, 0.15) is 32.1 Å². The van der Waals surface area contributed by atoms with E-state index in [0.717, 1.165) is 32.4 Å². The highest BCUT2D eigenvalue weighted by molar-refractivity contribution is 5.79. The molecule has 2 unspecified atom stereocenters. The van der Waals surface area contributed by atoms with Crippen molar-refractivity contribution >= 4 is 5.97 Å². The maximum absolute atomic E-state index is 11.2. The number of hydrogen-bond acceptors (Lipinski definition) is 3. The van der Waals surface area contributed by atoms with Crippen LogP contribution in [0.25, 0.3) is 0 Å². The summed E-state index contributed by atoms with van der Waals surface area (Å²) in [6.07, 6.45) is 5.10. The number of rotatable bonds is 3. The standard InChI is InChI=1S/C11H20N2O2/c1-12-11(10(14)15)5-4-9(8-11)13-6-2-3-7-13/h9,12H,2-8H2,1H3,(H,14,15). The molecule has 4 nitrogen and oxygen atoms in total. The number of nitrogens with zero attached hydrogens (tertiary/aromatic N) is 1. The molecule has 2 atom stereocenters. The Morgan fingerprint density at radius 1 is 1.47 bits per heavy atom. The van der Waals surface area contributed by atoms with Crippen molar-refractivity contribution in [3.8, 4) is 0 Å². The van der Waals surface area contributed by atoms with Gasteiger partial charge in [-0.2, -0.15) is 0 Å². The van der Waals surface area contributed by atoms with Gasteiger partial charge in [0.1, 0.15) is 5.54 Å². The Kier molecular flexibility index (Phi) is 2.98. The van der Waals surface area contributed by atoms with Crippen molar-refractivity contribution in [2.75, 3.05) is 20.1 Å². The van der Waals surface area contributed by atoms with Crippen molar-refractivity contribution in [2.45, 2.75) is 43.7 Å². The number of nitrogens with one attached hydrogen (secondary N) is 1. The van der Waals surface area contributed by atoms with Crippen molar-refractivity contribution in [1.82, 2.24) is 10.2 Å². The molecule has 2 aliphatic rings. The maximum atomic E-state index is 11.2. The van der Waals surface area contributed by atoms with Gasteiger partial charge in [-0.1, -0.05) is 0 Å². The number of likely N-dealkylation sites (tertiary alicyclic amines) is 1. The van der Waals surface area contributed by atoms with E-state index in [2.05, 4.69) is 10.2 Å². The van der Waals surface area contributed by atoms with Crippen LogP contribution in [-0.4, -0.2) is 47.7 Å². The molecule has 15 heavy (non-hydrogen) atoms. The van der Waals surface area contributed by atoms with Crippen LogP contribution in [-0.2, 0) is 4.79 Å². The lowest BCUT2D eigenvalue weighted by Crippen LogP contribution is -2.49. The number of carbonyl (C=O) groups is 1. The Bertz CT molecular complexity index is 251. The van der Waals surface area contributed by atoms with Gasteiger partial charge < -0.3 is 15.3 Å². The summed E-state index contributed by atoms with van der Waals surface area (Å²) in [5, 5.41) is 12.2. The summed E-state index contributed by atoms with van der Waals surface area (Å²) in [6.45, 7) is 2.31. The molecule has 1 saturated carbocycles. The van der Waals surface area contributed by atoms with E-state index < -0.39 is 11.5 Å². The predicted molar refractivity (Wildman–Crippen MR) is 57.9 cm³/mol. The molecule has 1 aliphatic carbocycles. The number of carboxylic acids is 1. The van der Waals surface area contributed by atoms with E-state index in [1.807, 2.05) is 0 Å². The second-order valence-corrected chi connectivity index (χ2v) is 4.78. The summed E-state index contributed by atoms with van der Waals surface area (Å²) in [6, 6.07) is 0.482.